The Morgan fingerprint density at radius 1 is 1.13 bits per heavy atom. The van der Waals surface area contributed by atoms with Crippen LogP contribution in [-0.4, -0.2) is 119 Å². The molecular formula is C38H45F3N8O3. The number of aliphatic hydroxyl groups is 1. The lowest BCUT2D eigenvalue weighted by molar-refractivity contribution is -0.153. The van der Waals surface area contributed by atoms with E-state index in [0.29, 0.717) is 74.0 Å². The molecule has 0 unspecified atom stereocenters. The second-order valence-corrected chi connectivity index (χ2v) is 15.0. The van der Waals surface area contributed by atoms with Crippen LogP contribution in [0.4, 0.5) is 24.9 Å². The summed E-state index contributed by atoms with van der Waals surface area (Å²) in [6, 6.07) is 6.20. The van der Waals surface area contributed by atoms with E-state index in [0.717, 1.165) is 59.8 Å². The van der Waals surface area contributed by atoms with Crippen molar-refractivity contribution in [3.05, 3.63) is 48.2 Å². The van der Waals surface area contributed by atoms with E-state index in [1.807, 2.05) is 24.0 Å². The number of alkyl halides is 3. The Morgan fingerprint density at radius 2 is 1.88 bits per heavy atom. The van der Waals surface area contributed by atoms with E-state index in [4.69, 9.17) is 14.7 Å². The molecular weight excluding hydrogens is 673 g/mol. The number of aliphatic hydroxyl groups excluding tert-OH is 1. The van der Waals surface area contributed by atoms with E-state index in [-0.39, 0.29) is 35.6 Å². The summed E-state index contributed by atoms with van der Waals surface area (Å²) in [6.45, 7) is 11.7. The van der Waals surface area contributed by atoms with E-state index in [1.54, 1.807) is 6.20 Å². The van der Waals surface area contributed by atoms with E-state index in [1.165, 1.54) is 6.08 Å². The number of H-pyrrole nitrogens is 1. The number of likely N-dealkylation sites (tertiary alicyclic amines) is 1. The fourth-order valence-electron chi connectivity index (χ4n) is 8.47. The number of ether oxygens (including phenoxy) is 1. The van der Waals surface area contributed by atoms with Crippen molar-refractivity contribution in [1.29, 1.82) is 0 Å². The van der Waals surface area contributed by atoms with Crippen molar-refractivity contribution in [2.45, 2.75) is 57.7 Å². The molecule has 0 bridgehead atoms. The first kappa shape index (κ1) is 34.6. The van der Waals surface area contributed by atoms with Gasteiger partial charge in [0.25, 0.3) is 0 Å². The number of amides is 1. The minimum Gasteiger partial charge on any atom is -0.481 e. The van der Waals surface area contributed by atoms with E-state index < -0.39 is 12.8 Å². The van der Waals surface area contributed by atoms with Crippen LogP contribution in [0.5, 0.6) is 5.75 Å². The molecule has 2 aromatic carbocycles. The maximum Gasteiger partial charge on any atom is 0.422 e. The molecule has 52 heavy (non-hydrogen) atoms. The number of anilines is 2. The Bertz CT molecular complexity index is 2010. The average Bonchev–Trinajstić information content (AvgIpc) is 3.83. The summed E-state index contributed by atoms with van der Waals surface area (Å²) in [5.41, 5.74) is 4.47. The van der Waals surface area contributed by atoms with Crippen LogP contribution in [0.2, 0.25) is 0 Å². The van der Waals surface area contributed by atoms with E-state index in [2.05, 4.69) is 44.5 Å². The van der Waals surface area contributed by atoms with Crippen LogP contribution in [0.3, 0.4) is 0 Å². The quantitative estimate of drug-likeness (QED) is 0.197. The number of nitrogens with one attached hydrogen (secondary N) is 1. The summed E-state index contributed by atoms with van der Waals surface area (Å²) >= 11 is 0. The molecule has 14 heteroatoms. The van der Waals surface area contributed by atoms with Crippen molar-refractivity contribution >= 4 is 39.5 Å². The number of fused-ring (bicyclic) bond motifs is 2. The van der Waals surface area contributed by atoms with Crippen molar-refractivity contribution in [3.63, 3.8) is 0 Å². The molecule has 276 valence electrons. The second-order valence-electron chi connectivity index (χ2n) is 15.0. The van der Waals surface area contributed by atoms with Gasteiger partial charge in [0.05, 0.1) is 18.3 Å². The number of carbonyl (C=O) groups excluding carboxylic acids is 1. The summed E-state index contributed by atoms with van der Waals surface area (Å²) in [5.74, 6) is 1.38. The predicted octanol–water partition coefficient (Wildman–Crippen LogP) is 5.42. The minimum absolute atomic E-state index is 0.0377. The summed E-state index contributed by atoms with van der Waals surface area (Å²) in [6.07, 6.45) is 2.09. The van der Waals surface area contributed by atoms with Crippen molar-refractivity contribution in [3.8, 4) is 16.9 Å². The molecule has 0 atom stereocenters. The van der Waals surface area contributed by atoms with Gasteiger partial charge in [-0.1, -0.05) is 19.6 Å². The van der Waals surface area contributed by atoms with Gasteiger partial charge < -0.3 is 24.5 Å². The van der Waals surface area contributed by atoms with Crippen LogP contribution < -0.4 is 14.5 Å². The number of likely N-dealkylation sites (N-methyl/N-ethyl adjacent to an activating group) is 1. The molecule has 1 saturated carbocycles. The Balaban J connectivity index is 1.28. The molecule has 1 spiro atoms. The minimum atomic E-state index is -4.57. The SMILES string of the molecule is C=CC(=O)N1CC2(CCN(c3nc(N4CC(N(CC)CCO)C4)nc4c(OCC(F)(F)F)c(-c5c(C)ccc6[nH]ncc56)c(C5CC5)cc34)CC2)C1. The molecule has 3 aliphatic heterocycles. The van der Waals surface area contributed by atoms with E-state index >= 15 is 0 Å². The van der Waals surface area contributed by atoms with Crippen LogP contribution in [0.25, 0.3) is 32.9 Å². The molecule has 2 N–H and O–H groups in total. The highest BCUT2D eigenvalue weighted by atomic mass is 19.4. The maximum absolute atomic E-state index is 14.1. The normalized spacial score (nSPS) is 19.1. The Kier molecular flexibility index (Phi) is 8.80. The fourth-order valence-corrected chi connectivity index (χ4v) is 8.47. The van der Waals surface area contributed by atoms with Gasteiger partial charge in [-0.25, -0.2) is 4.98 Å². The first-order chi connectivity index (χ1) is 25.0. The molecule has 4 aromatic rings. The molecule has 1 amide bonds. The second kappa shape index (κ2) is 13.2. The first-order valence-electron chi connectivity index (χ1n) is 18.3. The topological polar surface area (TPSA) is 114 Å². The number of nitrogens with zero attached hydrogens (tertiary/aromatic N) is 7. The summed E-state index contributed by atoms with van der Waals surface area (Å²) < 4.78 is 48.1. The van der Waals surface area contributed by atoms with Gasteiger partial charge in [0.2, 0.25) is 11.9 Å². The molecule has 4 fully saturated rings. The molecule has 1 aliphatic carbocycles. The Labute approximate surface area is 300 Å². The number of aromatic amines is 1. The number of rotatable bonds is 11. The van der Waals surface area contributed by atoms with Gasteiger partial charge in [0.1, 0.15) is 11.3 Å². The van der Waals surface area contributed by atoms with Gasteiger partial charge in [0, 0.05) is 73.6 Å². The zero-order valence-electron chi connectivity index (χ0n) is 29.7. The Hall–Kier alpha value is -4.43. The smallest absolute Gasteiger partial charge is 0.422 e. The third-order valence-corrected chi connectivity index (χ3v) is 11.5. The summed E-state index contributed by atoms with van der Waals surface area (Å²) in [5, 5.41) is 18.4. The average molecular weight is 719 g/mol. The number of carbonyl (C=O) groups is 1. The first-order valence-corrected chi connectivity index (χ1v) is 18.3. The number of piperidine rings is 1. The van der Waals surface area contributed by atoms with Gasteiger partial charge >= 0.3 is 6.18 Å². The molecule has 11 nitrogen and oxygen atoms in total. The lowest BCUT2D eigenvalue weighted by atomic mass is 9.72. The van der Waals surface area contributed by atoms with Crippen LogP contribution >= 0.6 is 0 Å². The monoisotopic (exact) mass is 718 g/mol. The lowest BCUT2D eigenvalue weighted by Crippen LogP contribution is -2.61. The predicted molar refractivity (Wildman–Crippen MR) is 194 cm³/mol. The largest absolute Gasteiger partial charge is 0.481 e. The highest BCUT2D eigenvalue weighted by Crippen LogP contribution is 2.53. The van der Waals surface area contributed by atoms with Gasteiger partial charge in [-0.2, -0.15) is 23.3 Å². The van der Waals surface area contributed by atoms with Crippen LogP contribution in [-0.2, 0) is 4.79 Å². The van der Waals surface area contributed by atoms with Crippen LogP contribution in [0.15, 0.2) is 37.1 Å². The lowest BCUT2D eigenvalue weighted by Gasteiger charge is -2.54. The number of benzene rings is 2. The maximum atomic E-state index is 14.1. The van der Waals surface area contributed by atoms with Gasteiger partial charge in [-0.15, -0.1) is 0 Å². The number of aromatic nitrogens is 4. The molecule has 0 radical (unpaired) electrons. The summed E-state index contributed by atoms with van der Waals surface area (Å²) in [4.78, 5) is 30.8. The Morgan fingerprint density at radius 3 is 2.54 bits per heavy atom. The molecule has 4 aliphatic rings. The van der Waals surface area contributed by atoms with E-state index in [9.17, 15) is 23.1 Å². The highest BCUT2D eigenvalue weighted by molar-refractivity contribution is 6.06. The zero-order valence-corrected chi connectivity index (χ0v) is 29.7. The summed E-state index contributed by atoms with van der Waals surface area (Å²) in [7, 11) is 0. The van der Waals surface area contributed by atoms with Crippen molar-refractivity contribution in [1.82, 2.24) is 30.0 Å². The third-order valence-electron chi connectivity index (χ3n) is 11.5. The molecule has 8 rings (SSSR count). The third kappa shape index (κ3) is 6.23. The highest BCUT2D eigenvalue weighted by Gasteiger charge is 2.47. The fraction of sp³-hybridized carbons (Fsp3) is 0.526. The standard InChI is InChI=1S/C38H45F3N8O3/c1-4-30(51)49-20-37(21-49)10-12-47(13-11-37)35-27-16-26(24-7-8-24)32(31-23(3)6-9-29-28(31)17-42-45-29)34(52-22-38(39,40)41)33(27)43-36(44-35)48-18-25(19-48)46(5-2)14-15-50/h4,6,9,16-17,24-25,50H,1,5,7-8,10-15,18-22H2,2-3H3,(H,42,45). The zero-order chi connectivity index (χ0) is 36.4. The van der Waals surface area contributed by atoms with Crippen LogP contribution in [0.1, 0.15) is 49.7 Å². The van der Waals surface area contributed by atoms with Gasteiger partial charge in [-0.3, -0.25) is 14.8 Å². The number of hydrogen-bond donors (Lipinski definition) is 2. The van der Waals surface area contributed by atoms with Gasteiger partial charge in [-0.05, 0) is 80.0 Å². The molecule has 3 saturated heterocycles. The number of aryl methyl sites for hydroxylation is 1. The van der Waals surface area contributed by atoms with Crippen molar-refractivity contribution < 1.29 is 27.8 Å². The number of halogens is 3. The number of hydrogen-bond acceptors (Lipinski definition) is 9. The molecule has 5 heterocycles. The van der Waals surface area contributed by atoms with Crippen molar-refractivity contribution in [2.75, 3.05) is 75.4 Å². The van der Waals surface area contributed by atoms with Gasteiger partial charge in [0.15, 0.2) is 12.4 Å². The molecule has 2 aromatic heterocycles. The van der Waals surface area contributed by atoms with Crippen LogP contribution in [0, 0.1) is 12.3 Å². The van der Waals surface area contributed by atoms with Crippen molar-refractivity contribution in [2.24, 2.45) is 5.41 Å².